The van der Waals surface area contributed by atoms with E-state index in [1.54, 1.807) is 17.4 Å². The minimum atomic E-state index is -0.262. The van der Waals surface area contributed by atoms with E-state index in [9.17, 15) is 4.79 Å². The number of thiazole rings is 1. The Morgan fingerprint density at radius 2 is 2.04 bits per heavy atom. The highest BCUT2D eigenvalue weighted by Crippen LogP contribution is 2.24. The zero-order valence-electron chi connectivity index (χ0n) is 13.6. The van der Waals surface area contributed by atoms with Crippen molar-refractivity contribution in [3.63, 3.8) is 0 Å². The van der Waals surface area contributed by atoms with Gasteiger partial charge in [0.15, 0.2) is 16.6 Å². The second-order valence-corrected chi connectivity index (χ2v) is 6.78. The Labute approximate surface area is 149 Å². The Kier molecular flexibility index (Phi) is 4.47. The van der Waals surface area contributed by atoms with Crippen LogP contribution in [-0.4, -0.2) is 29.1 Å². The number of carbonyl (C=O) groups excluding carboxylic acids is 1. The molecule has 0 atom stereocenters. The summed E-state index contributed by atoms with van der Waals surface area (Å²) < 4.78 is 5.26. The number of nitrogens with zero attached hydrogens (tertiary/aromatic N) is 3. The number of carbonyl (C=O) groups is 1. The Morgan fingerprint density at radius 3 is 2.84 bits per heavy atom. The minimum Gasteiger partial charge on any atom is -0.355 e. The summed E-state index contributed by atoms with van der Waals surface area (Å²) in [6.45, 7) is 2.53. The summed E-state index contributed by atoms with van der Waals surface area (Å²) in [5, 5.41) is 9.74. The smallest absolute Gasteiger partial charge is 0.273 e. The van der Waals surface area contributed by atoms with Gasteiger partial charge in [0.25, 0.3) is 5.91 Å². The third-order valence-corrected chi connectivity index (χ3v) is 5.10. The largest absolute Gasteiger partial charge is 0.355 e. The van der Waals surface area contributed by atoms with Crippen LogP contribution in [0, 0.1) is 0 Å². The van der Waals surface area contributed by atoms with Crippen LogP contribution >= 0.6 is 11.3 Å². The van der Waals surface area contributed by atoms with Crippen LogP contribution in [0.3, 0.4) is 0 Å². The SMILES string of the molecule is O=C(NCc1csc(N2CCCC2)n1)c1cc(-c2ccccc2)on1. The quantitative estimate of drug-likeness (QED) is 0.761. The molecular formula is C18H18N4O2S. The van der Waals surface area contributed by atoms with Crippen molar-refractivity contribution >= 4 is 22.4 Å². The molecule has 128 valence electrons. The normalized spacial score (nSPS) is 14.0. The van der Waals surface area contributed by atoms with Crippen molar-refractivity contribution in [1.29, 1.82) is 0 Å². The maximum absolute atomic E-state index is 12.3. The molecule has 6 nitrogen and oxygen atoms in total. The molecule has 1 N–H and O–H groups in total. The highest BCUT2D eigenvalue weighted by atomic mass is 32.1. The molecule has 4 rings (SSSR count). The molecule has 0 unspecified atom stereocenters. The van der Waals surface area contributed by atoms with Crippen molar-refractivity contribution in [2.24, 2.45) is 0 Å². The van der Waals surface area contributed by atoms with Gasteiger partial charge in [0.2, 0.25) is 0 Å². The number of anilines is 1. The predicted molar refractivity (Wildman–Crippen MR) is 96.7 cm³/mol. The van der Waals surface area contributed by atoms with Crippen molar-refractivity contribution in [1.82, 2.24) is 15.5 Å². The number of nitrogens with one attached hydrogen (secondary N) is 1. The fourth-order valence-electron chi connectivity index (χ4n) is 2.81. The summed E-state index contributed by atoms with van der Waals surface area (Å²) in [6.07, 6.45) is 2.45. The van der Waals surface area contributed by atoms with Crippen LogP contribution in [0.2, 0.25) is 0 Å². The van der Waals surface area contributed by atoms with E-state index in [1.165, 1.54) is 12.8 Å². The number of hydrogen-bond acceptors (Lipinski definition) is 6. The van der Waals surface area contributed by atoms with E-state index in [-0.39, 0.29) is 11.6 Å². The van der Waals surface area contributed by atoms with Crippen molar-refractivity contribution in [2.45, 2.75) is 19.4 Å². The monoisotopic (exact) mass is 354 g/mol. The topological polar surface area (TPSA) is 71.3 Å². The zero-order chi connectivity index (χ0) is 17.1. The van der Waals surface area contributed by atoms with Gasteiger partial charge in [-0.2, -0.15) is 0 Å². The Hall–Kier alpha value is -2.67. The molecule has 1 aliphatic rings. The van der Waals surface area contributed by atoms with Crippen LogP contribution in [0.1, 0.15) is 29.0 Å². The lowest BCUT2D eigenvalue weighted by Crippen LogP contribution is -2.23. The van der Waals surface area contributed by atoms with Crippen molar-refractivity contribution in [2.75, 3.05) is 18.0 Å². The van der Waals surface area contributed by atoms with Gasteiger partial charge in [-0.1, -0.05) is 35.5 Å². The summed E-state index contributed by atoms with van der Waals surface area (Å²) >= 11 is 1.63. The maximum Gasteiger partial charge on any atom is 0.273 e. The minimum absolute atomic E-state index is 0.262. The van der Waals surface area contributed by atoms with Gasteiger partial charge >= 0.3 is 0 Å². The van der Waals surface area contributed by atoms with Gasteiger partial charge in [-0.15, -0.1) is 11.3 Å². The molecule has 0 saturated carbocycles. The lowest BCUT2D eigenvalue weighted by atomic mass is 10.1. The molecule has 3 heterocycles. The summed E-state index contributed by atoms with van der Waals surface area (Å²) in [5.74, 6) is 0.317. The second-order valence-electron chi connectivity index (χ2n) is 5.94. The molecule has 0 bridgehead atoms. The third-order valence-electron chi connectivity index (χ3n) is 4.15. The Bertz CT molecular complexity index is 853. The van der Waals surface area contributed by atoms with Crippen molar-refractivity contribution in [3.05, 3.63) is 53.2 Å². The van der Waals surface area contributed by atoms with Gasteiger partial charge < -0.3 is 14.7 Å². The number of amides is 1. The van der Waals surface area contributed by atoms with Gasteiger partial charge in [-0.05, 0) is 12.8 Å². The standard InChI is InChI=1S/C18H18N4O2S/c23-17(15-10-16(24-21-15)13-6-2-1-3-7-13)19-11-14-12-25-18(20-14)22-8-4-5-9-22/h1-3,6-7,10,12H,4-5,8-9,11H2,(H,19,23). The molecule has 1 amide bonds. The van der Waals surface area contributed by atoms with E-state index in [0.717, 1.165) is 29.5 Å². The molecule has 1 aliphatic heterocycles. The van der Waals surface area contributed by atoms with Crippen LogP contribution in [0.15, 0.2) is 46.3 Å². The van der Waals surface area contributed by atoms with Crippen molar-refractivity contribution in [3.8, 4) is 11.3 Å². The van der Waals surface area contributed by atoms with E-state index in [1.807, 2.05) is 35.7 Å². The zero-order valence-corrected chi connectivity index (χ0v) is 14.5. The first kappa shape index (κ1) is 15.8. The first-order valence-corrected chi connectivity index (χ1v) is 9.17. The van der Waals surface area contributed by atoms with Gasteiger partial charge in [-0.3, -0.25) is 4.79 Å². The summed E-state index contributed by atoms with van der Waals surface area (Å²) in [4.78, 5) is 19.1. The first-order valence-electron chi connectivity index (χ1n) is 8.29. The average molecular weight is 354 g/mol. The Balaban J connectivity index is 1.37. The number of hydrogen-bond donors (Lipinski definition) is 1. The fraction of sp³-hybridized carbons (Fsp3) is 0.278. The highest BCUT2D eigenvalue weighted by Gasteiger charge is 2.17. The van der Waals surface area contributed by atoms with Crippen LogP contribution in [0.25, 0.3) is 11.3 Å². The van der Waals surface area contributed by atoms with E-state index in [2.05, 4.69) is 20.4 Å². The number of rotatable bonds is 5. The highest BCUT2D eigenvalue weighted by molar-refractivity contribution is 7.13. The lowest BCUT2D eigenvalue weighted by Gasteiger charge is -2.12. The third kappa shape index (κ3) is 3.56. The van der Waals surface area contributed by atoms with E-state index in [4.69, 9.17) is 4.52 Å². The lowest BCUT2D eigenvalue weighted by molar-refractivity contribution is 0.0941. The van der Waals surface area contributed by atoms with Crippen LogP contribution in [0.5, 0.6) is 0 Å². The molecule has 0 radical (unpaired) electrons. The van der Waals surface area contributed by atoms with Crippen LogP contribution in [-0.2, 0) is 6.54 Å². The molecule has 7 heteroatoms. The number of benzene rings is 1. The summed E-state index contributed by atoms with van der Waals surface area (Å²) in [5.41, 5.74) is 2.03. The van der Waals surface area contributed by atoms with Crippen LogP contribution in [0.4, 0.5) is 5.13 Å². The fourth-order valence-corrected chi connectivity index (χ4v) is 3.69. The molecule has 2 aromatic heterocycles. The first-order chi connectivity index (χ1) is 12.3. The Morgan fingerprint density at radius 1 is 1.24 bits per heavy atom. The van der Waals surface area contributed by atoms with Gasteiger partial charge in [0.1, 0.15) is 0 Å². The van der Waals surface area contributed by atoms with Crippen molar-refractivity contribution < 1.29 is 9.32 Å². The molecule has 3 aromatic rings. The predicted octanol–water partition coefficient (Wildman–Crippen LogP) is 3.33. The van der Waals surface area contributed by atoms with Gasteiger partial charge in [0, 0.05) is 30.1 Å². The summed E-state index contributed by atoms with van der Waals surface area (Å²) in [7, 11) is 0. The van der Waals surface area contributed by atoms with E-state index in [0.29, 0.717) is 12.3 Å². The van der Waals surface area contributed by atoms with E-state index < -0.39 is 0 Å². The van der Waals surface area contributed by atoms with Gasteiger partial charge in [0.05, 0.1) is 12.2 Å². The van der Waals surface area contributed by atoms with Gasteiger partial charge in [-0.25, -0.2) is 4.98 Å². The molecule has 1 fully saturated rings. The molecule has 1 saturated heterocycles. The van der Waals surface area contributed by atoms with Crippen LogP contribution < -0.4 is 10.2 Å². The number of aromatic nitrogens is 2. The summed E-state index contributed by atoms with van der Waals surface area (Å²) in [6, 6.07) is 11.2. The van der Waals surface area contributed by atoms with E-state index >= 15 is 0 Å². The average Bonchev–Trinajstić information content (AvgIpc) is 3.41. The molecular weight excluding hydrogens is 336 g/mol. The molecule has 25 heavy (non-hydrogen) atoms. The maximum atomic E-state index is 12.3. The molecule has 1 aromatic carbocycles. The second kappa shape index (κ2) is 7.06. The molecule has 0 aliphatic carbocycles. The molecule has 0 spiro atoms.